The fraction of sp³-hybridized carbons (Fsp3) is 0.438. The number of nitrogens with zero attached hydrogens (tertiary/aromatic N) is 4. The van der Waals surface area contributed by atoms with Crippen LogP contribution in [0.1, 0.15) is 6.92 Å². The average molecular weight is 412 g/mol. The minimum absolute atomic E-state index is 0.157. The molecular weight excluding hydrogens is 390 g/mol. The molecule has 0 atom stereocenters. The van der Waals surface area contributed by atoms with E-state index in [0.29, 0.717) is 10.9 Å². The third-order valence-corrected chi connectivity index (χ3v) is 6.32. The normalized spacial score (nSPS) is 15.9. The molecular formula is C16H21N5O4S2. The Balaban J connectivity index is 2.07. The number of carbonyl (C=O) groups excluding carboxylic acids is 1. The van der Waals surface area contributed by atoms with E-state index in [4.69, 9.17) is 10.00 Å². The molecule has 1 saturated heterocycles. The minimum Gasteiger partial charge on any atom is -0.450 e. The monoisotopic (exact) mass is 411 g/mol. The van der Waals surface area contributed by atoms with Gasteiger partial charge in [-0.15, -0.1) is 0 Å². The molecule has 1 aromatic carbocycles. The van der Waals surface area contributed by atoms with Crippen LogP contribution in [0.4, 0.5) is 10.5 Å². The van der Waals surface area contributed by atoms with Crippen LogP contribution in [0.5, 0.6) is 0 Å². The van der Waals surface area contributed by atoms with Crippen LogP contribution in [-0.2, 0) is 14.8 Å². The molecule has 0 radical (unpaired) electrons. The van der Waals surface area contributed by atoms with Gasteiger partial charge in [-0.3, -0.25) is 5.32 Å². The predicted octanol–water partition coefficient (Wildman–Crippen LogP) is 1.57. The summed E-state index contributed by atoms with van der Waals surface area (Å²) in [5.74, 6) is 0. The Hall–Kier alpha value is -2.29. The van der Waals surface area contributed by atoms with E-state index in [1.54, 1.807) is 31.5 Å². The fourth-order valence-electron chi connectivity index (χ4n) is 2.46. The summed E-state index contributed by atoms with van der Waals surface area (Å²) in [7, 11) is -3.65. The molecule has 0 unspecified atom stereocenters. The van der Waals surface area contributed by atoms with Crippen LogP contribution in [0.2, 0.25) is 0 Å². The Morgan fingerprint density at radius 1 is 1.30 bits per heavy atom. The van der Waals surface area contributed by atoms with Crippen molar-refractivity contribution in [2.24, 2.45) is 4.99 Å². The predicted molar refractivity (Wildman–Crippen MR) is 103 cm³/mol. The highest BCUT2D eigenvalue weighted by Crippen LogP contribution is 2.22. The van der Waals surface area contributed by atoms with Crippen molar-refractivity contribution in [3.8, 4) is 6.19 Å². The lowest BCUT2D eigenvalue weighted by Crippen LogP contribution is -2.50. The number of thioether (sulfide) groups is 1. The number of sulfonamides is 1. The lowest BCUT2D eigenvalue weighted by atomic mass is 10.3. The largest absolute Gasteiger partial charge is 0.450 e. The molecule has 1 aliphatic heterocycles. The van der Waals surface area contributed by atoms with Crippen molar-refractivity contribution in [1.29, 1.82) is 5.26 Å². The van der Waals surface area contributed by atoms with Gasteiger partial charge in [-0.2, -0.15) is 9.57 Å². The maximum Gasteiger partial charge on any atom is 0.409 e. The van der Waals surface area contributed by atoms with E-state index >= 15 is 0 Å². The molecule has 1 aliphatic rings. The molecule has 1 fully saturated rings. The lowest BCUT2D eigenvalue weighted by Gasteiger charge is -2.33. The van der Waals surface area contributed by atoms with Gasteiger partial charge in [0.1, 0.15) is 0 Å². The molecule has 1 aromatic rings. The van der Waals surface area contributed by atoms with Gasteiger partial charge in [-0.1, -0.05) is 11.8 Å². The molecule has 1 amide bonds. The number of aliphatic imine (C=N–C) groups is 1. The number of nitriles is 1. The summed E-state index contributed by atoms with van der Waals surface area (Å²) in [5, 5.41) is 11.5. The van der Waals surface area contributed by atoms with Gasteiger partial charge in [0, 0.05) is 26.2 Å². The maximum atomic E-state index is 12.8. The summed E-state index contributed by atoms with van der Waals surface area (Å²) >= 11 is 1.28. The second kappa shape index (κ2) is 9.59. The topological polar surface area (TPSA) is 115 Å². The van der Waals surface area contributed by atoms with Gasteiger partial charge >= 0.3 is 6.09 Å². The average Bonchev–Trinajstić information content (AvgIpc) is 2.68. The van der Waals surface area contributed by atoms with Gasteiger partial charge in [0.25, 0.3) is 0 Å². The van der Waals surface area contributed by atoms with E-state index in [1.807, 2.05) is 0 Å². The highest BCUT2D eigenvalue weighted by Gasteiger charge is 2.30. The van der Waals surface area contributed by atoms with E-state index in [0.717, 1.165) is 0 Å². The zero-order valence-corrected chi connectivity index (χ0v) is 16.7. The molecule has 146 valence electrons. The van der Waals surface area contributed by atoms with Crippen molar-refractivity contribution in [1.82, 2.24) is 14.5 Å². The van der Waals surface area contributed by atoms with Crippen LogP contribution in [0.3, 0.4) is 0 Å². The number of piperazine rings is 1. The van der Waals surface area contributed by atoms with Crippen LogP contribution in [-0.4, -0.2) is 67.9 Å². The first-order valence-corrected chi connectivity index (χ1v) is 10.9. The van der Waals surface area contributed by atoms with Crippen molar-refractivity contribution in [3.05, 3.63) is 24.3 Å². The number of amides is 1. The zero-order chi connectivity index (χ0) is 19.9. The van der Waals surface area contributed by atoms with Crippen LogP contribution in [0, 0.1) is 11.5 Å². The number of amidine groups is 1. The molecule has 0 spiro atoms. The molecule has 0 saturated carbocycles. The summed E-state index contributed by atoms with van der Waals surface area (Å²) in [6.45, 7) is 3.02. The Morgan fingerprint density at radius 3 is 2.44 bits per heavy atom. The van der Waals surface area contributed by atoms with E-state index in [2.05, 4.69) is 10.3 Å². The molecule has 1 N–H and O–H groups in total. The molecule has 2 rings (SSSR count). The van der Waals surface area contributed by atoms with Gasteiger partial charge in [0.05, 0.1) is 17.2 Å². The Kier molecular flexibility index (Phi) is 7.46. The number of carbonyl (C=O) groups is 1. The van der Waals surface area contributed by atoms with Gasteiger partial charge < -0.3 is 9.64 Å². The van der Waals surface area contributed by atoms with Crippen LogP contribution in [0.15, 0.2) is 34.2 Å². The fourth-order valence-corrected chi connectivity index (χ4v) is 4.22. The smallest absolute Gasteiger partial charge is 0.409 e. The van der Waals surface area contributed by atoms with Crippen molar-refractivity contribution >= 4 is 38.7 Å². The minimum atomic E-state index is -3.65. The summed E-state index contributed by atoms with van der Waals surface area (Å²) in [5.41, 5.74) is 0.535. The first kappa shape index (κ1) is 21.0. The number of rotatable bonds is 4. The van der Waals surface area contributed by atoms with Crippen molar-refractivity contribution in [2.45, 2.75) is 11.8 Å². The number of hydrogen-bond donors (Lipinski definition) is 1. The molecule has 27 heavy (non-hydrogen) atoms. The quantitative estimate of drug-likeness (QED) is 0.346. The summed E-state index contributed by atoms with van der Waals surface area (Å²) in [4.78, 5) is 17.6. The van der Waals surface area contributed by atoms with Crippen molar-refractivity contribution in [2.75, 3.05) is 39.0 Å². The third kappa shape index (κ3) is 5.35. The van der Waals surface area contributed by atoms with Gasteiger partial charge in [0.2, 0.25) is 10.0 Å². The van der Waals surface area contributed by atoms with E-state index in [9.17, 15) is 13.2 Å². The molecule has 1 heterocycles. The van der Waals surface area contributed by atoms with Crippen molar-refractivity contribution < 1.29 is 17.9 Å². The second-order valence-corrected chi connectivity index (χ2v) is 8.17. The molecule has 0 bridgehead atoms. The lowest BCUT2D eigenvalue weighted by molar-refractivity contribution is 0.0934. The van der Waals surface area contributed by atoms with Crippen molar-refractivity contribution in [3.63, 3.8) is 0 Å². The van der Waals surface area contributed by atoms with E-state index in [1.165, 1.54) is 33.1 Å². The Bertz CT molecular complexity index is 825. The van der Waals surface area contributed by atoms with E-state index in [-0.39, 0.29) is 37.7 Å². The first-order chi connectivity index (χ1) is 12.9. The number of benzene rings is 1. The third-order valence-electron chi connectivity index (χ3n) is 3.83. The summed E-state index contributed by atoms with van der Waals surface area (Å²) < 4.78 is 31.8. The zero-order valence-electron chi connectivity index (χ0n) is 15.1. The van der Waals surface area contributed by atoms with E-state index < -0.39 is 16.1 Å². The standard InChI is InChI=1S/C16H21N5O4S2/c1-3-25-16(22)20-8-10-21(11-9-20)27(23,24)14-6-4-13(5-7-14)19-15(26-2)18-12-17/h4-7H,3,8-11H2,1-2H3,(H,18,19). The Labute approximate surface area is 163 Å². The highest BCUT2D eigenvalue weighted by molar-refractivity contribution is 8.13. The van der Waals surface area contributed by atoms with Gasteiger partial charge in [0.15, 0.2) is 11.4 Å². The van der Waals surface area contributed by atoms with Crippen LogP contribution >= 0.6 is 11.8 Å². The highest BCUT2D eigenvalue weighted by atomic mass is 32.2. The molecule has 0 aliphatic carbocycles. The molecule has 9 nitrogen and oxygen atoms in total. The van der Waals surface area contributed by atoms with Gasteiger partial charge in [-0.05, 0) is 37.4 Å². The number of nitrogens with one attached hydrogen (secondary N) is 1. The Morgan fingerprint density at radius 2 is 1.93 bits per heavy atom. The maximum absolute atomic E-state index is 12.8. The second-order valence-electron chi connectivity index (χ2n) is 5.44. The number of hydrogen-bond acceptors (Lipinski definition) is 7. The SMILES string of the molecule is CCOC(=O)N1CCN(S(=O)(=O)c2ccc(N=C(NC#N)SC)cc2)CC1. The summed E-state index contributed by atoms with van der Waals surface area (Å²) in [6, 6.07) is 6.13. The summed E-state index contributed by atoms with van der Waals surface area (Å²) in [6.07, 6.45) is 3.15. The first-order valence-electron chi connectivity index (χ1n) is 8.22. The molecule has 0 aromatic heterocycles. The number of ether oxygens (including phenoxy) is 1. The van der Waals surface area contributed by atoms with Crippen LogP contribution < -0.4 is 5.32 Å². The van der Waals surface area contributed by atoms with Gasteiger partial charge in [-0.25, -0.2) is 18.2 Å². The molecule has 11 heteroatoms. The van der Waals surface area contributed by atoms with Crippen LogP contribution in [0.25, 0.3) is 0 Å².